The van der Waals surface area contributed by atoms with Gasteiger partial charge in [-0.25, -0.2) is 0 Å². The number of amides is 2. The van der Waals surface area contributed by atoms with Crippen molar-refractivity contribution in [2.75, 3.05) is 32.7 Å². The first-order chi connectivity index (χ1) is 12.5. The number of ether oxygens (including phenoxy) is 2. The number of hydrogen-bond donors (Lipinski definition) is 2. The normalized spacial score (nSPS) is 10.3. The van der Waals surface area contributed by atoms with Gasteiger partial charge in [0, 0.05) is 13.7 Å². The maximum Gasteiger partial charge on any atom is 0.253 e. The number of carbonyl (C=O) groups is 2. The van der Waals surface area contributed by atoms with Crippen LogP contribution in [0.4, 0.5) is 5.69 Å². The summed E-state index contributed by atoms with van der Waals surface area (Å²) < 4.78 is 10.2. The summed E-state index contributed by atoms with van der Waals surface area (Å²) in [6.07, 6.45) is 0.213. The molecule has 0 aliphatic carbocycles. The van der Waals surface area contributed by atoms with Crippen LogP contribution in [0.25, 0.3) is 0 Å². The molecule has 0 aromatic heterocycles. The monoisotopic (exact) mass is 356 g/mol. The summed E-state index contributed by atoms with van der Waals surface area (Å²) in [6, 6.07) is 12.5. The largest absolute Gasteiger partial charge is 0.496 e. The van der Waals surface area contributed by atoms with Crippen LogP contribution in [0.2, 0.25) is 0 Å². The summed E-state index contributed by atoms with van der Waals surface area (Å²) in [6.45, 7) is 2.76. The molecule has 26 heavy (non-hydrogen) atoms. The Hall–Kier alpha value is -2.86. The van der Waals surface area contributed by atoms with Gasteiger partial charge >= 0.3 is 0 Å². The lowest BCUT2D eigenvalue weighted by molar-refractivity contribution is -0.115. The van der Waals surface area contributed by atoms with Crippen LogP contribution in [0.15, 0.2) is 42.5 Å². The highest BCUT2D eigenvalue weighted by Crippen LogP contribution is 2.20. The van der Waals surface area contributed by atoms with Crippen LogP contribution in [0.5, 0.6) is 5.75 Å². The third-order valence-electron chi connectivity index (χ3n) is 3.86. The highest BCUT2D eigenvalue weighted by Gasteiger charge is 2.13. The molecule has 0 radical (unpaired) electrons. The molecule has 0 bridgehead atoms. The van der Waals surface area contributed by atoms with Gasteiger partial charge in [0.05, 0.1) is 31.4 Å². The van der Waals surface area contributed by atoms with Gasteiger partial charge in [-0.05, 0) is 36.2 Å². The Balaban J connectivity index is 2.05. The first-order valence-corrected chi connectivity index (χ1v) is 8.34. The third-order valence-corrected chi connectivity index (χ3v) is 3.86. The van der Waals surface area contributed by atoms with Gasteiger partial charge in [0.25, 0.3) is 5.91 Å². The smallest absolute Gasteiger partial charge is 0.253 e. The summed E-state index contributed by atoms with van der Waals surface area (Å²) in [4.78, 5) is 24.7. The molecule has 6 heteroatoms. The molecule has 2 N–H and O–H groups in total. The second-order valence-electron chi connectivity index (χ2n) is 5.82. The van der Waals surface area contributed by atoms with Crippen molar-refractivity contribution < 1.29 is 19.1 Å². The topological polar surface area (TPSA) is 76.7 Å². The number of carbonyl (C=O) groups excluding carboxylic acids is 2. The molecule has 6 nitrogen and oxygen atoms in total. The Bertz CT molecular complexity index is 774. The first kappa shape index (κ1) is 19.5. The van der Waals surface area contributed by atoms with Crippen molar-refractivity contribution in [2.45, 2.75) is 13.3 Å². The quantitative estimate of drug-likeness (QED) is 0.713. The van der Waals surface area contributed by atoms with Crippen LogP contribution in [0.1, 0.15) is 21.5 Å². The molecule has 0 atom stereocenters. The van der Waals surface area contributed by atoms with Gasteiger partial charge in [-0.1, -0.05) is 24.3 Å². The molecule has 0 saturated heterocycles. The number of methoxy groups -OCH3 is 2. The molecule has 2 rings (SSSR count). The Morgan fingerprint density at radius 1 is 1.08 bits per heavy atom. The van der Waals surface area contributed by atoms with E-state index in [-0.39, 0.29) is 18.2 Å². The average Bonchev–Trinajstić information content (AvgIpc) is 2.62. The molecule has 2 aromatic carbocycles. The second kappa shape index (κ2) is 9.58. The number of rotatable bonds is 8. The van der Waals surface area contributed by atoms with Crippen LogP contribution >= 0.6 is 0 Å². The highest BCUT2D eigenvalue weighted by atomic mass is 16.5. The highest BCUT2D eigenvalue weighted by molar-refractivity contribution is 6.04. The summed E-state index contributed by atoms with van der Waals surface area (Å²) in [5.41, 5.74) is 2.75. The Kier molecular flexibility index (Phi) is 7.17. The minimum atomic E-state index is -0.252. The Morgan fingerprint density at radius 2 is 1.85 bits per heavy atom. The van der Waals surface area contributed by atoms with Gasteiger partial charge in [-0.3, -0.25) is 9.59 Å². The number of aryl methyl sites for hydroxylation is 1. The lowest BCUT2D eigenvalue weighted by Crippen LogP contribution is -2.28. The van der Waals surface area contributed by atoms with E-state index < -0.39 is 0 Å². The molecule has 0 saturated carbocycles. The van der Waals surface area contributed by atoms with E-state index in [9.17, 15) is 9.59 Å². The standard InChI is InChI=1S/C20H24N2O4/c1-14-12-15(8-9-18(14)26-3)13-19(23)22-17-7-5-4-6-16(17)20(24)21-10-11-25-2/h4-9,12H,10-11,13H2,1-3H3,(H,21,24)(H,22,23). The summed E-state index contributed by atoms with van der Waals surface area (Å²) in [7, 11) is 3.19. The first-order valence-electron chi connectivity index (χ1n) is 8.34. The zero-order valence-electron chi connectivity index (χ0n) is 15.3. The summed E-state index contributed by atoms with van der Waals surface area (Å²) in [5.74, 6) is 0.345. The number of hydrogen-bond acceptors (Lipinski definition) is 4. The van der Waals surface area contributed by atoms with E-state index in [1.54, 1.807) is 38.5 Å². The van der Waals surface area contributed by atoms with Crippen LogP contribution in [0.3, 0.4) is 0 Å². The average molecular weight is 356 g/mol. The molecule has 2 aromatic rings. The maximum atomic E-state index is 12.4. The Morgan fingerprint density at radius 3 is 2.54 bits per heavy atom. The van der Waals surface area contributed by atoms with E-state index in [1.807, 2.05) is 25.1 Å². The van der Waals surface area contributed by atoms with Crippen molar-refractivity contribution in [3.05, 3.63) is 59.2 Å². The Labute approximate surface area is 153 Å². The molecule has 0 aliphatic heterocycles. The summed E-state index contributed by atoms with van der Waals surface area (Å²) >= 11 is 0. The maximum absolute atomic E-state index is 12.4. The number of nitrogens with one attached hydrogen (secondary N) is 2. The van der Waals surface area contributed by atoms with Gasteiger partial charge in [0.15, 0.2) is 0 Å². The zero-order chi connectivity index (χ0) is 18.9. The van der Waals surface area contributed by atoms with Gasteiger partial charge in [0.1, 0.15) is 5.75 Å². The fourth-order valence-electron chi connectivity index (χ4n) is 2.58. The summed E-state index contributed by atoms with van der Waals surface area (Å²) in [5, 5.41) is 5.57. The van der Waals surface area contributed by atoms with Crippen molar-refractivity contribution in [3.8, 4) is 5.75 Å². The van der Waals surface area contributed by atoms with E-state index in [0.29, 0.717) is 24.4 Å². The number of anilines is 1. The molecule has 0 spiro atoms. The third kappa shape index (κ3) is 5.32. The van der Waals surface area contributed by atoms with Crippen LogP contribution in [0, 0.1) is 6.92 Å². The van der Waals surface area contributed by atoms with Gasteiger partial charge in [-0.15, -0.1) is 0 Å². The van der Waals surface area contributed by atoms with Crippen LogP contribution in [-0.4, -0.2) is 39.2 Å². The van der Waals surface area contributed by atoms with E-state index in [4.69, 9.17) is 9.47 Å². The predicted octanol–water partition coefficient (Wildman–Crippen LogP) is 2.56. The van der Waals surface area contributed by atoms with Gasteiger partial charge < -0.3 is 20.1 Å². The van der Waals surface area contributed by atoms with Crippen molar-refractivity contribution >= 4 is 17.5 Å². The van der Waals surface area contributed by atoms with E-state index in [0.717, 1.165) is 16.9 Å². The lowest BCUT2D eigenvalue weighted by Gasteiger charge is -2.12. The van der Waals surface area contributed by atoms with Gasteiger partial charge in [0.2, 0.25) is 5.91 Å². The fourth-order valence-corrected chi connectivity index (χ4v) is 2.58. The molecular weight excluding hydrogens is 332 g/mol. The number of para-hydroxylation sites is 1. The predicted molar refractivity (Wildman–Crippen MR) is 101 cm³/mol. The van der Waals surface area contributed by atoms with Crippen LogP contribution in [-0.2, 0) is 16.0 Å². The van der Waals surface area contributed by atoms with E-state index >= 15 is 0 Å². The zero-order valence-corrected chi connectivity index (χ0v) is 15.3. The second-order valence-corrected chi connectivity index (χ2v) is 5.82. The van der Waals surface area contributed by atoms with E-state index in [1.165, 1.54) is 0 Å². The molecule has 0 heterocycles. The fraction of sp³-hybridized carbons (Fsp3) is 0.300. The van der Waals surface area contributed by atoms with Crippen molar-refractivity contribution in [2.24, 2.45) is 0 Å². The minimum Gasteiger partial charge on any atom is -0.496 e. The minimum absolute atomic E-state index is 0.188. The van der Waals surface area contributed by atoms with Gasteiger partial charge in [-0.2, -0.15) is 0 Å². The molecule has 2 amide bonds. The van der Waals surface area contributed by atoms with Crippen molar-refractivity contribution in [1.82, 2.24) is 5.32 Å². The van der Waals surface area contributed by atoms with Crippen LogP contribution < -0.4 is 15.4 Å². The van der Waals surface area contributed by atoms with E-state index in [2.05, 4.69) is 10.6 Å². The van der Waals surface area contributed by atoms with Crippen molar-refractivity contribution in [3.63, 3.8) is 0 Å². The number of benzene rings is 2. The molecule has 0 fully saturated rings. The molecule has 0 unspecified atom stereocenters. The SMILES string of the molecule is COCCNC(=O)c1ccccc1NC(=O)Cc1ccc(OC)c(C)c1. The molecule has 0 aliphatic rings. The lowest BCUT2D eigenvalue weighted by atomic mass is 10.1. The molecular formula is C20H24N2O4. The van der Waals surface area contributed by atoms with Crippen molar-refractivity contribution in [1.29, 1.82) is 0 Å². The molecule has 138 valence electrons.